The van der Waals surface area contributed by atoms with E-state index in [4.69, 9.17) is 4.74 Å². The van der Waals surface area contributed by atoms with Crippen LogP contribution >= 0.6 is 0 Å². The average molecular weight is 249 g/mol. The van der Waals surface area contributed by atoms with Crippen molar-refractivity contribution in [3.8, 4) is 0 Å². The molecule has 0 amide bonds. The molecule has 1 heterocycles. The fourth-order valence-corrected chi connectivity index (χ4v) is 3.00. The number of methoxy groups -OCH3 is 1. The lowest BCUT2D eigenvalue weighted by atomic mass is 9.78. The van der Waals surface area contributed by atoms with Crippen molar-refractivity contribution in [3.05, 3.63) is 23.8 Å². The number of carbonyl (C=O) groups excluding carboxylic acids is 1. The lowest BCUT2D eigenvalue weighted by molar-refractivity contribution is -0.145. The summed E-state index contributed by atoms with van der Waals surface area (Å²) in [5.41, 5.74) is 1.23. The van der Waals surface area contributed by atoms with E-state index in [1.165, 1.54) is 25.5 Å². The number of nitrogens with one attached hydrogen (secondary N) is 1. The Morgan fingerprint density at radius 3 is 2.94 bits per heavy atom. The molecular weight excluding hydrogens is 226 g/mol. The van der Waals surface area contributed by atoms with Gasteiger partial charge in [-0.15, -0.1) is 0 Å². The van der Waals surface area contributed by atoms with Gasteiger partial charge in [0.15, 0.2) is 0 Å². The third-order valence-corrected chi connectivity index (χ3v) is 4.05. The van der Waals surface area contributed by atoms with Crippen molar-refractivity contribution in [1.29, 1.82) is 0 Å². The number of carbonyl (C=O) groups is 1. The summed E-state index contributed by atoms with van der Waals surface area (Å²) in [6.45, 7) is 3.20. The zero-order valence-corrected chi connectivity index (χ0v) is 11.3. The highest BCUT2D eigenvalue weighted by Crippen LogP contribution is 2.32. The van der Waals surface area contributed by atoms with Crippen LogP contribution in [-0.2, 0) is 9.53 Å². The number of ether oxygens (including phenoxy) is 1. The molecule has 1 N–H and O–H groups in total. The molecule has 0 radical (unpaired) electrons. The first-order chi connectivity index (χ1) is 8.74. The number of piperidine rings is 1. The van der Waals surface area contributed by atoms with Gasteiger partial charge >= 0.3 is 5.97 Å². The first-order valence-corrected chi connectivity index (χ1v) is 6.92. The number of hydrogen-bond acceptors (Lipinski definition) is 3. The Kier molecular flexibility index (Phi) is 4.59. The normalized spacial score (nSPS) is 29.6. The van der Waals surface area contributed by atoms with Crippen molar-refractivity contribution >= 4 is 5.97 Å². The molecule has 3 unspecified atom stereocenters. The fraction of sp³-hybridized carbons (Fsp3) is 0.667. The second kappa shape index (κ2) is 6.19. The molecule has 2 rings (SSSR count). The Morgan fingerprint density at radius 1 is 1.50 bits per heavy atom. The second-order valence-electron chi connectivity index (χ2n) is 5.29. The van der Waals surface area contributed by atoms with Gasteiger partial charge in [0.25, 0.3) is 0 Å². The van der Waals surface area contributed by atoms with E-state index in [0.29, 0.717) is 5.92 Å². The number of allylic oxidation sites excluding steroid dienone is 3. The maximum atomic E-state index is 12.1. The van der Waals surface area contributed by atoms with Gasteiger partial charge in [-0.25, -0.2) is 0 Å². The van der Waals surface area contributed by atoms with Crippen LogP contribution < -0.4 is 5.32 Å². The zero-order valence-electron chi connectivity index (χ0n) is 11.3. The van der Waals surface area contributed by atoms with Crippen LogP contribution in [0.15, 0.2) is 23.8 Å². The minimum absolute atomic E-state index is 0.0946. The molecule has 100 valence electrons. The molecule has 3 nitrogen and oxygen atoms in total. The van der Waals surface area contributed by atoms with Crippen LogP contribution in [0.5, 0.6) is 0 Å². The molecule has 0 spiro atoms. The summed E-state index contributed by atoms with van der Waals surface area (Å²) in [7, 11) is 1.49. The monoisotopic (exact) mass is 249 g/mol. The van der Waals surface area contributed by atoms with E-state index in [-0.39, 0.29) is 17.9 Å². The Morgan fingerprint density at radius 2 is 2.33 bits per heavy atom. The van der Waals surface area contributed by atoms with Gasteiger partial charge in [0.2, 0.25) is 0 Å². The predicted octanol–water partition coefficient (Wildman–Crippen LogP) is 2.44. The fourth-order valence-electron chi connectivity index (χ4n) is 3.00. The predicted molar refractivity (Wildman–Crippen MR) is 72.2 cm³/mol. The van der Waals surface area contributed by atoms with Gasteiger partial charge in [-0.3, -0.25) is 4.79 Å². The number of rotatable bonds is 3. The SMILES string of the molecule is COC(=O)C(C1=CC=CCC1C)C1CCCCN1. The van der Waals surface area contributed by atoms with Crippen LogP contribution in [-0.4, -0.2) is 25.7 Å². The molecular formula is C15H23NO2. The van der Waals surface area contributed by atoms with Gasteiger partial charge in [0.05, 0.1) is 13.0 Å². The summed E-state index contributed by atoms with van der Waals surface area (Å²) in [4.78, 5) is 12.1. The Labute approximate surface area is 109 Å². The smallest absolute Gasteiger partial charge is 0.314 e. The summed E-state index contributed by atoms with van der Waals surface area (Å²) in [6, 6.07) is 0.242. The van der Waals surface area contributed by atoms with E-state index in [9.17, 15) is 4.79 Å². The van der Waals surface area contributed by atoms with E-state index in [0.717, 1.165) is 19.4 Å². The van der Waals surface area contributed by atoms with E-state index in [1.807, 2.05) is 0 Å². The number of esters is 1. The largest absolute Gasteiger partial charge is 0.469 e. The van der Waals surface area contributed by atoms with Crippen LogP contribution in [0.25, 0.3) is 0 Å². The standard InChI is InChI=1S/C15H23NO2/c1-11-7-3-4-8-12(11)14(15(17)18-2)13-9-5-6-10-16-13/h3-4,8,11,13-14,16H,5-7,9-10H2,1-2H3. The van der Waals surface area contributed by atoms with Crippen molar-refractivity contribution in [2.45, 2.75) is 38.6 Å². The molecule has 3 heteroatoms. The summed E-state index contributed by atoms with van der Waals surface area (Å²) >= 11 is 0. The molecule has 2 aliphatic rings. The highest BCUT2D eigenvalue weighted by Gasteiger charge is 2.35. The number of hydrogen-bond donors (Lipinski definition) is 1. The van der Waals surface area contributed by atoms with Gasteiger partial charge in [-0.2, -0.15) is 0 Å². The topological polar surface area (TPSA) is 38.3 Å². The summed E-state index contributed by atoms with van der Waals surface area (Å²) < 4.78 is 5.02. The van der Waals surface area contributed by atoms with E-state index >= 15 is 0 Å². The molecule has 3 atom stereocenters. The zero-order chi connectivity index (χ0) is 13.0. The molecule has 1 fully saturated rings. The van der Waals surface area contributed by atoms with Crippen molar-refractivity contribution in [3.63, 3.8) is 0 Å². The quantitative estimate of drug-likeness (QED) is 0.781. The summed E-state index contributed by atoms with van der Waals surface area (Å²) in [6.07, 6.45) is 10.8. The maximum absolute atomic E-state index is 12.1. The first-order valence-electron chi connectivity index (χ1n) is 6.92. The molecule has 1 aliphatic heterocycles. The highest BCUT2D eigenvalue weighted by atomic mass is 16.5. The Bertz CT molecular complexity index is 354. The van der Waals surface area contributed by atoms with E-state index in [2.05, 4.69) is 30.5 Å². The van der Waals surface area contributed by atoms with E-state index in [1.54, 1.807) is 0 Å². The maximum Gasteiger partial charge on any atom is 0.314 e. The minimum atomic E-state index is -0.116. The van der Waals surface area contributed by atoms with Crippen LogP contribution in [0.3, 0.4) is 0 Å². The third-order valence-electron chi connectivity index (χ3n) is 4.05. The molecule has 0 bridgehead atoms. The van der Waals surface area contributed by atoms with Gasteiger partial charge in [0, 0.05) is 6.04 Å². The second-order valence-corrected chi connectivity index (χ2v) is 5.29. The van der Waals surface area contributed by atoms with Crippen LogP contribution in [0, 0.1) is 11.8 Å². The molecule has 1 saturated heterocycles. The highest BCUT2D eigenvalue weighted by molar-refractivity contribution is 5.77. The Hall–Kier alpha value is -1.09. The van der Waals surface area contributed by atoms with Crippen LogP contribution in [0.1, 0.15) is 32.6 Å². The third kappa shape index (κ3) is 2.83. The van der Waals surface area contributed by atoms with E-state index < -0.39 is 0 Å². The summed E-state index contributed by atoms with van der Waals surface area (Å²) in [5.74, 6) is 0.223. The van der Waals surface area contributed by atoms with Gasteiger partial charge in [0.1, 0.15) is 0 Å². The van der Waals surface area contributed by atoms with Gasteiger partial charge < -0.3 is 10.1 Å². The van der Waals surface area contributed by atoms with Crippen LogP contribution in [0.2, 0.25) is 0 Å². The Balaban J connectivity index is 2.21. The molecule has 18 heavy (non-hydrogen) atoms. The van der Waals surface area contributed by atoms with Crippen molar-refractivity contribution in [1.82, 2.24) is 5.32 Å². The molecule has 0 aromatic carbocycles. The van der Waals surface area contributed by atoms with Crippen molar-refractivity contribution in [2.75, 3.05) is 13.7 Å². The minimum Gasteiger partial charge on any atom is -0.469 e. The van der Waals surface area contributed by atoms with Crippen LogP contribution in [0.4, 0.5) is 0 Å². The molecule has 1 aliphatic carbocycles. The van der Waals surface area contributed by atoms with Gasteiger partial charge in [-0.05, 0) is 31.7 Å². The van der Waals surface area contributed by atoms with Crippen molar-refractivity contribution in [2.24, 2.45) is 11.8 Å². The lowest BCUT2D eigenvalue weighted by Crippen LogP contribution is -2.45. The molecule has 0 aromatic rings. The summed E-state index contributed by atoms with van der Waals surface area (Å²) in [5, 5.41) is 3.49. The molecule has 0 saturated carbocycles. The van der Waals surface area contributed by atoms with Gasteiger partial charge in [-0.1, -0.05) is 37.1 Å². The lowest BCUT2D eigenvalue weighted by Gasteiger charge is -2.34. The molecule has 0 aromatic heterocycles. The first kappa shape index (κ1) is 13.3. The van der Waals surface area contributed by atoms with Crippen molar-refractivity contribution < 1.29 is 9.53 Å². The average Bonchev–Trinajstić information content (AvgIpc) is 2.42.